The summed E-state index contributed by atoms with van der Waals surface area (Å²) in [5.41, 5.74) is 3.22. The van der Waals surface area contributed by atoms with Crippen molar-refractivity contribution < 1.29 is 14.3 Å². The van der Waals surface area contributed by atoms with Gasteiger partial charge in [-0.15, -0.1) is 0 Å². The number of nitrogens with zero attached hydrogens (tertiary/aromatic N) is 2. The third-order valence-electron chi connectivity index (χ3n) is 5.70. The van der Waals surface area contributed by atoms with Crippen LogP contribution in [0.2, 0.25) is 0 Å². The first-order valence-electron chi connectivity index (χ1n) is 8.70. The van der Waals surface area contributed by atoms with E-state index in [4.69, 9.17) is 0 Å². The van der Waals surface area contributed by atoms with E-state index in [1.807, 2.05) is 17.9 Å². The molecule has 2 heterocycles. The number of benzene rings is 2. The van der Waals surface area contributed by atoms with Gasteiger partial charge < -0.3 is 10.0 Å². The molecule has 1 aliphatic heterocycles. The number of fused-ring (bicyclic) bond motifs is 3. The van der Waals surface area contributed by atoms with Crippen molar-refractivity contribution in [2.45, 2.75) is 31.8 Å². The fourth-order valence-corrected chi connectivity index (χ4v) is 4.27. The number of aryl methyl sites for hydroxylation is 1. The molecule has 2 aliphatic rings. The average molecular weight is 348 g/mol. The first kappa shape index (κ1) is 15.3. The topological polar surface area (TPSA) is 53.4 Å². The molecule has 26 heavy (non-hydrogen) atoms. The Balaban J connectivity index is 1.68. The van der Waals surface area contributed by atoms with Crippen molar-refractivity contribution in [3.8, 4) is 5.75 Å². The zero-order valence-electron chi connectivity index (χ0n) is 14.3. The maximum absolute atomic E-state index is 13.3. The van der Waals surface area contributed by atoms with E-state index in [9.17, 15) is 14.3 Å². The van der Waals surface area contributed by atoms with Gasteiger partial charge in [-0.3, -0.25) is 9.78 Å². The maximum Gasteiger partial charge on any atom is 0.255 e. The molecule has 1 aromatic heterocycles. The second-order valence-corrected chi connectivity index (χ2v) is 7.17. The molecule has 0 bridgehead atoms. The van der Waals surface area contributed by atoms with Crippen molar-refractivity contribution in [3.05, 3.63) is 70.7 Å². The number of halogens is 1. The van der Waals surface area contributed by atoms with Crippen LogP contribution in [-0.4, -0.2) is 20.9 Å². The fraction of sp³-hybridized carbons (Fsp3) is 0.238. The number of aromatic nitrogens is 1. The molecule has 130 valence electrons. The molecule has 0 saturated heterocycles. The van der Waals surface area contributed by atoms with Gasteiger partial charge in [-0.05, 0) is 55.2 Å². The zero-order valence-corrected chi connectivity index (χ0v) is 14.3. The lowest BCUT2D eigenvalue weighted by molar-refractivity contribution is 0.0682. The minimum Gasteiger partial charge on any atom is -0.507 e. The van der Waals surface area contributed by atoms with Gasteiger partial charge in [0.25, 0.3) is 5.91 Å². The summed E-state index contributed by atoms with van der Waals surface area (Å²) in [6.07, 6.45) is 3.32. The predicted octanol–water partition coefficient (Wildman–Crippen LogP) is 4.03. The molecule has 1 fully saturated rings. The Bertz CT molecular complexity index is 1070. The molecule has 3 aromatic rings. The molecule has 0 atom stereocenters. The van der Waals surface area contributed by atoms with Crippen LogP contribution >= 0.6 is 0 Å². The van der Waals surface area contributed by atoms with Gasteiger partial charge >= 0.3 is 0 Å². The van der Waals surface area contributed by atoms with Gasteiger partial charge in [0, 0.05) is 23.7 Å². The molecule has 0 radical (unpaired) electrons. The van der Waals surface area contributed by atoms with Crippen molar-refractivity contribution in [2.24, 2.45) is 0 Å². The summed E-state index contributed by atoms with van der Waals surface area (Å²) in [5, 5.41) is 11.6. The first-order chi connectivity index (χ1) is 12.5. The van der Waals surface area contributed by atoms with Gasteiger partial charge in [-0.2, -0.15) is 0 Å². The Labute approximate surface area is 149 Å². The molecule has 1 saturated carbocycles. The number of hydrogen-bond donors (Lipinski definition) is 1. The van der Waals surface area contributed by atoms with Crippen LogP contribution in [0, 0.1) is 12.7 Å². The second-order valence-electron chi connectivity index (χ2n) is 7.17. The molecule has 4 nitrogen and oxygen atoms in total. The van der Waals surface area contributed by atoms with E-state index in [1.54, 1.807) is 24.4 Å². The first-order valence-corrected chi connectivity index (χ1v) is 8.70. The molecular weight excluding hydrogens is 331 g/mol. The Hall–Kier alpha value is -2.95. The maximum atomic E-state index is 13.3. The lowest BCUT2D eigenvalue weighted by Gasteiger charge is -2.25. The largest absolute Gasteiger partial charge is 0.507 e. The van der Waals surface area contributed by atoms with Gasteiger partial charge in [0.2, 0.25) is 0 Å². The standard InChI is InChI=1S/C21H17FN2O2/c1-12-16-17(19(25)15-3-2-10-23-18(12)15)21(8-9-21)24(20(16)26)11-13-4-6-14(22)7-5-13/h2-7,10,25H,8-9,11H2,1H3. The summed E-state index contributed by atoms with van der Waals surface area (Å²) in [5.74, 6) is -0.208. The number of rotatable bonds is 2. The average Bonchev–Trinajstić information content (AvgIpc) is 3.40. The van der Waals surface area contributed by atoms with Crippen LogP contribution in [0.4, 0.5) is 4.39 Å². The highest BCUT2D eigenvalue weighted by molar-refractivity contribution is 6.08. The van der Waals surface area contributed by atoms with E-state index >= 15 is 0 Å². The van der Waals surface area contributed by atoms with E-state index in [1.165, 1.54) is 12.1 Å². The predicted molar refractivity (Wildman–Crippen MR) is 95.3 cm³/mol. The van der Waals surface area contributed by atoms with Crippen molar-refractivity contribution in [1.82, 2.24) is 9.88 Å². The summed E-state index contributed by atoms with van der Waals surface area (Å²) in [7, 11) is 0. The van der Waals surface area contributed by atoms with E-state index in [0.29, 0.717) is 23.0 Å². The van der Waals surface area contributed by atoms with E-state index in [0.717, 1.165) is 29.5 Å². The number of pyridine rings is 1. The third-order valence-corrected chi connectivity index (χ3v) is 5.70. The van der Waals surface area contributed by atoms with Gasteiger partial charge in [-0.1, -0.05) is 12.1 Å². The third kappa shape index (κ3) is 1.88. The van der Waals surface area contributed by atoms with Gasteiger partial charge in [0.15, 0.2) is 0 Å². The smallest absolute Gasteiger partial charge is 0.255 e. The molecule has 1 amide bonds. The molecule has 2 aromatic carbocycles. The molecule has 1 spiro atoms. The second kappa shape index (κ2) is 5.04. The SMILES string of the molecule is Cc1c2c(c(O)c3cccnc13)C1(CC1)N(Cc1ccc(F)cc1)C2=O. The number of amides is 1. The highest BCUT2D eigenvalue weighted by Crippen LogP contribution is 2.61. The zero-order chi connectivity index (χ0) is 18.1. The van der Waals surface area contributed by atoms with Crippen LogP contribution in [0.25, 0.3) is 10.9 Å². The van der Waals surface area contributed by atoms with Crippen molar-refractivity contribution in [2.75, 3.05) is 0 Å². The Morgan fingerprint density at radius 1 is 1.23 bits per heavy atom. The Kier molecular flexibility index (Phi) is 2.97. The van der Waals surface area contributed by atoms with Crippen molar-refractivity contribution in [3.63, 3.8) is 0 Å². The van der Waals surface area contributed by atoms with Crippen LogP contribution in [0.3, 0.4) is 0 Å². The summed E-state index contributed by atoms with van der Waals surface area (Å²) in [6, 6.07) is 9.85. The number of phenolic OH excluding ortho intramolecular Hbond substituents is 1. The van der Waals surface area contributed by atoms with Gasteiger partial charge in [-0.25, -0.2) is 4.39 Å². The molecule has 1 aliphatic carbocycles. The quantitative estimate of drug-likeness (QED) is 0.761. The van der Waals surface area contributed by atoms with Crippen LogP contribution in [0.15, 0.2) is 42.6 Å². The summed E-state index contributed by atoms with van der Waals surface area (Å²) < 4.78 is 13.2. The lowest BCUT2D eigenvalue weighted by atomic mass is 9.94. The number of phenols is 1. The van der Waals surface area contributed by atoms with Crippen molar-refractivity contribution in [1.29, 1.82) is 0 Å². The van der Waals surface area contributed by atoms with Crippen LogP contribution in [0.1, 0.15) is 39.9 Å². The van der Waals surface area contributed by atoms with Crippen LogP contribution in [0.5, 0.6) is 5.75 Å². The number of carbonyl (C=O) groups is 1. The molecule has 5 rings (SSSR count). The van der Waals surface area contributed by atoms with Gasteiger partial charge in [0.1, 0.15) is 11.6 Å². The molecule has 0 unspecified atom stereocenters. The van der Waals surface area contributed by atoms with E-state index in [-0.39, 0.29) is 17.5 Å². The number of carbonyl (C=O) groups excluding carboxylic acids is 1. The molecular formula is C21H17FN2O2. The summed E-state index contributed by atoms with van der Waals surface area (Å²) >= 11 is 0. The Morgan fingerprint density at radius 3 is 2.65 bits per heavy atom. The van der Waals surface area contributed by atoms with Crippen molar-refractivity contribution >= 4 is 16.8 Å². The highest BCUT2D eigenvalue weighted by atomic mass is 19.1. The molecule has 5 heteroatoms. The minimum atomic E-state index is -0.445. The summed E-state index contributed by atoms with van der Waals surface area (Å²) in [4.78, 5) is 19.5. The minimum absolute atomic E-state index is 0.0813. The van der Waals surface area contributed by atoms with Crippen LogP contribution < -0.4 is 0 Å². The number of aromatic hydroxyl groups is 1. The number of hydrogen-bond acceptors (Lipinski definition) is 3. The highest BCUT2D eigenvalue weighted by Gasteiger charge is 2.60. The Morgan fingerprint density at radius 2 is 1.96 bits per heavy atom. The summed E-state index contributed by atoms with van der Waals surface area (Å²) in [6.45, 7) is 2.29. The fourth-order valence-electron chi connectivity index (χ4n) is 4.27. The lowest BCUT2D eigenvalue weighted by Crippen LogP contribution is -2.32. The molecule has 1 N–H and O–H groups in total. The van der Waals surface area contributed by atoms with Gasteiger partial charge in [0.05, 0.1) is 16.6 Å². The van der Waals surface area contributed by atoms with E-state index < -0.39 is 5.54 Å². The van der Waals surface area contributed by atoms with Crippen LogP contribution in [-0.2, 0) is 12.1 Å². The normalized spacial score (nSPS) is 17.2. The van der Waals surface area contributed by atoms with E-state index in [2.05, 4.69) is 4.98 Å². The monoisotopic (exact) mass is 348 g/mol.